The van der Waals surface area contributed by atoms with Crippen LogP contribution in [0.25, 0.3) is 0 Å². The molecule has 1 aromatic heterocycles. The van der Waals surface area contributed by atoms with Crippen molar-refractivity contribution >= 4 is 29.3 Å². The molecule has 2 amide bonds. The highest BCUT2D eigenvalue weighted by molar-refractivity contribution is 8.00. The maximum atomic E-state index is 12.7. The van der Waals surface area contributed by atoms with E-state index in [2.05, 4.69) is 27.8 Å². The predicted octanol–water partition coefficient (Wildman–Crippen LogP) is 3.84. The molecule has 9 heteroatoms. The molecule has 1 aliphatic carbocycles. The van der Waals surface area contributed by atoms with Gasteiger partial charge in [-0.3, -0.25) is 9.59 Å². The molecule has 2 heterocycles. The zero-order valence-electron chi connectivity index (χ0n) is 19.0. The molecule has 0 atom stereocenters. The second-order valence-corrected chi connectivity index (χ2v) is 9.11. The molecule has 2 aromatic carbocycles. The molecule has 180 valence electrons. The first-order valence-corrected chi connectivity index (χ1v) is 12.4. The summed E-state index contributed by atoms with van der Waals surface area (Å²) in [5, 5.41) is 6.18. The van der Waals surface area contributed by atoms with Gasteiger partial charge in [0, 0.05) is 18.0 Å². The number of carbonyl (C=O) groups excluding carboxylic acids is 2. The predicted molar refractivity (Wildman–Crippen MR) is 132 cm³/mol. The van der Waals surface area contributed by atoms with E-state index in [1.165, 1.54) is 29.3 Å². The largest absolute Gasteiger partial charge is 0.492 e. The van der Waals surface area contributed by atoms with Crippen LogP contribution in [0.2, 0.25) is 0 Å². The van der Waals surface area contributed by atoms with Crippen LogP contribution in [-0.2, 0) is 17.6 Å². The molecule has 0 radical (unpaired) electrons. The molecule has 8 nitrogen and oxygen atoms in total. The summed E-state index contributed by atoms with van der Waals surface area (Å²) in [6, 6.07) is 14.8. The summed E-state index contributed by atoms with van der Waals surface area (Å²) >= 11 is 1.20. The minimum Gasteiger partial charge on any atom is -0.492 e. The van der Waals surface area contributed by atoms with Crippen molar-refractivity contribution in [3.05, 3.63) is 71.4 Å². The smallest absolute Gasteiger partial charge is 0.254 e. The topological polar surface area (TPSA) is 98.8 Å². The SMILES string of the molecule is O=C(CSc1ncccc1C(=O)NCCOc1ccc2c(c1)CCC2)Nc1ccc2c(c1)OCO2. The Morgan fingerprint density at radius 3 is 2.86 bits per heavy atom. The number of hydrogen-bond acceptors (Lipinski definition) is 7. The van der Waals surface area contributed by atoms with E-state index < -0.39 is 0 Å². The Balaban J connectivity index is 1.10. The van der Waals surface area contributed by atoms with Crippen LogP contribution < -0.4 is 24.8 Å². The van der Waals surface area contributed by atoms with Crippen molar-refractivity contribution in [3.63, 3.8) is 0 Å². The normalized spacial score (nSPS) is 13.3. The van der Waals surface area contributed by atoms with Crippen LogP contribution >= 0.6 is 11.8 Å². The molecular formula is C26H25N3O5S. The Morgan fingerprint density at radius 2 is 1.91 bits per heavy atom. The van der Waals surface area contributed by atoms with Crippen molar-refractivity contribution in [1.29, 1.82) is 0 Å². The van der Waals surface area contributed by atoms with Crippen LogP contribution in [0.15, 0.2) is 59.8 Å². The number of aromatic nitrogens is 1. The third kappa shape index (κ3) is 5.68. The molecule has 2 aliphatic rings. The second kappa shape index (κ2) is 10.7. The molecule has 0 saturated heterocycles. The van der Waals surface area contributed by atoms with Gasteiger partial charge in [-0.15, -0.1) is 0 Å². The van der Waals surface area contributed by atoms with E-state index in [9.17, 15) is 9.59 Å². The highest BCUT2D eigenvalue weighted by Gasteiger charge is 2.17. The number of hydrogen-bond donors (Lipinski definition) is 2. The van der Waals surface area contributed by atoms with Gasteiger partial charge in [-0.25, -0.2) is 4.98 Å². The summed E-state index contributed by atoms with van der Waals surface area (Å²) in [6.07, 6.45) is 5.03. The molecule has 0 spiro atoms. The van der Waals surface area contributed by atoms with Gasteiger partial charge in [0.15, 0.2) is 11.5 Å². The zero-order chi connectivity index (χ0) is 24.0. The molecule has 0 unspecified atom stereocenters. The number of amides is 2. The number of nitrogens with zero attached hydrogens (tertiary/aromatic N) is 1. The molecular weight excluding hydrogens is 466 g/mol. The molecule has 5 rings (SSSR count). The maximum Gasteiger partial charge on any atom is 0.254 e. The van der Waals surface area contributed by atoms with Crippen molar-refractivity contribution < 1.29 is 23.8 Å². The van der Waals surface area contributed by atoms with Crippen LogP contribution in [-0.4, -0.2) is 42.5 Å². The summed E-state index contributed by atoms with van der Waals surface area (Å²) in [6.45, 7) is 0.901. The third-order valence-corrected chi connectivity index (χ3v) is 6.74. The van der Waals surface area contributed by atoms with E-state index in [0.29, 0.717) is 40.9 Å². The van der Waals surface area contributed by atoms with E-state index in [4.69, 9.17) is 14.2 Å². The number of aryl methyl sites for hydroxylation is 2. The first kappa shape index (κ1) is 23.0. The molecule has 0 bridgehead atoms. The summed E-state index contributed by atoms with van der Waals surface area (Å²) < 4.78 is 16.4. The Bertz CT molecular complexity index is 1250. The van der Waals surface area contributed by atoms with Crippen molar-refractivity contribution in [3.8, 4) is 17.2 Å². The van der Waals surface area contributed by atoms with Crippen molar-refractivity contribution in [2.75, 3.05) is 31.0 Å². The van der Waals surface area contributed by atoms with Gasteiger partial charge < -0.3 is 24.8 Å². The van der Waals surface area contributed by atoms with Gasteiger partial charge in [-0.05, 0) is 66.8 Å². The fourth-order valence-corrected chi connectivity index (χ4v) is 4.84. The number of fused-ring (bicyclic) bond motifs is 2. The summed E-state index contributed by atoms with van der Waals surface area (Å²) in [5.41, 5.74) is 3.79. The van der Waals surface area contributed by atoms with Gasteiger partial charge in [-0.2, -0.15) is 0 Å². The van der Waals surface area contributed by atoms with E-state index in [0.717, 1.165) is 18.6 Å². The van der Waals surface area contributed by atoms with Crippen LogP contribution in [0.3, 0.4) is 0 Å². The van der Waals surface area contributed by atoms with E-state index in [1.54, 1.807) is 36.5 Å². The number of benzene rings is 2. The number of carbonyl (C=O) groups is 2. The Kier molecular flexibility index (Phi) is 7.04. The fourth-order valence-electron chi connectivity index (χ4n) is 4.05. The first-order chi connectivity index (χ1) is 17.2. The van der Waals surface area contributed by atoms with Crippen molar-refractivity contribution in [2.24, 2.45) is 0 Å². The Morgan fingerprint density at radius 1 is 1.03 bits per heavy atom. The first-order valence-electron chi connectivity index (χ1n) is 11.5. The average molecular weight is 492 g/mol. The van der Waals surface area contributed by atoms with E-state index >= 15 is 0 Å². The highest BCUT2D eigenvalue weighted by Crippen LogP contribution is 2.34. The number of anilines is 1. The van der Waals surface area contributed by atoms with Crippen molar-refractivity contribution in [1.82, 2.24) is 10.3 Å². The molecule has 2 N–H and O–H groups in total. The minimum atomic E-state index is -0.255. The van der Waals surface area contributed by atoms with E-state index in [1.807, 2.05) is 6.07 Å². The lowest BCUT2D eigenvalue weighted by atomic mass is 10.1. The minimum absolute atomic E-state index is 0.104. The molecule has 0 fully saturated rings. The third-order valence-electron chi connectivity index (χ3n) is 5.74. The summed E-state index contributed by atoms with van der Waals surface area (Å²) in [7, 11) is 0. The van der Waals surface area contributed by atoms with Gasteiger partial charge >= 0.3 is 0 Å². The van der Waals surface area contributed by atoms with Gasteiger partial charge in [0.25, 0.3) is 5.91 Å². The Hall–Kier alpha value is -3.72. The maximum absolute atomic E-state index is 12.7. The lowest BCUT2D eigenvalue weighted by molar-refractivity contribution is -0.113. The molecule has 0 saturated carbocycles. The van der Waals surface area contributed by atoms with Crippen LogP contribution in [0.5, 0.6) is 17.2 Å². The van der Waals surface area contributed by atoms with Gasteiger partial charge in [0.2, 0.25) is 12.7 Å². The summed E-state index contributed by atoms with van der Waals surface area (Å²) in [4.78, 5) is 29.5. The van der Waals surface area contributed by atoms with Gasteiger partial charge in [-0.1, -0.05) is 17.8 Å². The lowest BCUT2D eigenvalue weighted by Crippen LogP contribution is -2.28. The lowest BCUT2D eigenvalue weighted by Gasteiger charge is -2.11. The summed E-state index contributed by atoms with van der Waals surface area (Å²) in [5.74, 6) is 1.71. The van der Waals surface area contributed by atoms with Crippen molar-refractivity contribution in [2.45, 2.75) is 24.3 Å². The van der Waals surface area contributed by atoms with Crippen LogP contribution in [0.4, 0.5) is 5.69 Å². The highest BCUT2D eigenvalue weighted by atomic mass is 32.2. The zero-order valence-corrected chi connectivity index (χ0v) is 19.9. The van der Waals surface area contributed by atoms with Gasteiger partial charge in [0.1, 0.15) is 17.4 Å². The number of nitrogens with one attached hydrogen (secondary N) is 2. The van der Waals surface area contributed by atoms with E-state index in [-0.39, 0.29) is 24.4 Å². The monoisotopic (exact) mass is 491 g/mol. The number of thioether (sulfide) groups is 1. The van der Waals surface area contributed by atoms with Gasteiger partial charge in [0.05, 0.1) is 17.9 Å². The molecule has 3 aromatic rings. The van der Waals surface area contributed by atoms with Crippen LogP contribution in [0, 0.1) is 0 Å². The fraction of sp³-hybridized carbons (Fsp3) is 0.269. The quantitative estimate of drug-likeness (QED) is 0.347. The number of pyridine rings is 1. The average Bonchev–Trinajstić information content (AvgIpc) is 3.54. The number of rotatable bonds is 9. The standard InChI is InChI=1S/C26H25N3O5S/c30-24(29-19-7-9-22-23(14-19)34-16-33-22)15-35-26-21(5-2-10-28-26)25(31)27-11-12-32-20-8-6-17-3-1-4-18(17)13-20/h2,5-10,13-14H,1,3-4,11-12,15-16H2,(H,27,31)(H,29,30). The Labute approximate surface area is 207 Å². The molecule has 35 heavy (non-hydrogen) atoms. The second-order valence-electron chi connectivity index (χ2n) is 8.15. The van der Waals surface area contributed by atoms with Crippen LogP contribution in [0.1, 0.15) is 27.9 Å². The molecule has 1 aliphatic heterocycles. The number of ether oxygens (including phenoxy) is 3.